The molecule has 0 saturated carbocycles. The largest absolute Gasteiger partial charge is 0.497 e. The molecular formula is C25H25Cl3N2O3. The smallest absolute Gasteiger partial charge is 0.137 e. The van der Waals surface area contributed by atoms with Gasteiger partial charge in [0.05, 0.1) is 23.9 Å². The van der Waals surface area contributed by atoms with E-state index in [1.54, 1.807) is 37.4 Å². The van der Waals surface area contributed by atoms with Gasteiger partial charge in [-0.05, 0) is 53.6 Å². The Balaban J connectivity index is 1.60. The Kier molecular flexibility index (Phi) is 7.69. The van der Waals surface area contributed by atoms with E-state index in [4.69, 9.17) is 39.5 Å². The highest BCUT2D eigenvalue weighted by molar-refractivity contribution is 6.36. The van der Waals surface area contributed by atoms with Crippen molar-refractivity contribution in [2.75, 3.05) is 31.6 Å². The van der Waals surface area contributed by atoms with Crippen molar-refractivity contribution in [1.82, 2.24) is 4.90 Å². The number of ether oxygens (including phenoxy) is 1. The molecule has 8 heteroatoms. The topological polar surface area (TPSA) is 56.2 Å². The van der Waals surface area contributed by atoms with Gasteiger partial charge in [-0.25, -0.2) is 0 Å². The zero-order chi connectivity index (χ0) is 23.5. The van der Waals surface area contributed by atoms with Crippen LogP contribution in [0.3, 0.4) is 0 Å². The van der Waals surface area contributed by atoms with Crippen LogP contribution in [0.1, 0.15) is 23.3 Å². The van der Waals surface area contributed by atoms with Crippen molar-refractivity contribution in [3.8, 4) is 5.75 Å². The van der Waals surface area contributed by atoms with Gasteiger partial charge in [-0.3, -0.25) is 4.90 Å². The lowest BCUT2D eigenvalue weighted by Crippen LogP contribution is -2.53. The summed E-state index contributed by atoms with van der Waals surface area (Å²) in [6, 6.07) is 20.0. The minimum Gasteiger partial charge on any atom is -0.497 e. The van der Waals surface area contributed by atoms with Crippen LogP contribution in [0.25, 0.3) is 0 Å². The van der Waals surface area contributed by atoms with Crippen LogP contribution in [-0.2, 0) is 0 Å². The molecule has 174 valence electrons. The molecule has 3 aromatic rings. The molecule has 3 atom stereocenters. The Morgan fingerprint density at radius 1 is 0.879 bits per heavy atom. The number of halogens is 3. The van der Waals surface area contributed by atoms with Gasteiger partial charge in [-0.2, -0.15) is 0 Å². The number of aliphatic hydroxyl groups is 2. The molecule has 3 aromatic carbocycles. The molecule has 33 heavy (non-hydrogen) atoms. The maximum Gasteiger partial charge on any atom is 0.137 e. The molecule has 1 aliphatic rings. The van der Waals surface area contributed by atoms with E-state index < -0.39 is 12.3 Å². The highest BCUT2D eigenvalue weighted by Crippen LogP contribution is 2.38. The number of hydrogen-bond acceptors (Lipinski definition) is 5. The molecule has 2 unspecified atom stereocenters. The van der Waals surface area contributed by atoms with Crippen molar-refractivity contribution in [3.05, 3.63) is 92.9 Å². The van der Waals surface area contributed by atoms with Gasteiger partial charge in [0.25, 0.3) is 0 Å². The van der Waals surface area contributed by atoms with Crippen LogP contribution >= 0.6 is 34.8 Å². The molecular weight excluding hydrogens is 483 g/mol. The van der Waals surface area contributed by atoms with E-state index in [1.807, 2.05) is 41.3 Å². The second-order valence-corrected chi connectivity index (χ2v) is 9.26. The van der Waals surface area contributed by atoms with E-state index in [9.17, 15) is 10.2 Å². The Morgan fingerprint density at radius 2 is 1.55 bits per heavy atom. The Morgan fingerprint density at radius 3 is 2.18 bits per heavy atom. The fraction of sp³-hybridized carbons (Fsp3) is 0.280. The minimum atomic E-state index is -1.07. The zero-order valence-electron chi connectivity index (χ0n) is 18.0. The number of rotatable bonds is 6. The SMILES string of the molecule is COc1ccc(C(O)C(O)N2CCN(c3ccc(Cl)cc3Cl)[C@H](c3ccc(Cl)cc3)C2)cc1. The number of aliphatic hydroxyl groups excluding tert-OH is 2. The second-order valence-electron chi connectivity index (χ2n) is 7.98. The van der Waals surface area contributed by atoms with Gasteiger partial charge < -0.3 is 19.8 Å². The average molecular weight is 508 g/mol. The summed E-state index contributed by atoms with van der Waals surface area (Å²) in [5.41, 5.74) is 2.52. The summed E-state index contributed by atoms with van der Waals surface area (Å²) in [5.74, 6) is 0.691. The second kappa shape index (κ2) is 10.5. The van der Waals surface area contributed by atoms with Crippen LogP contribution in [0.2, 0.25) is 15.1 Å². The summed E-state index contributed by atoms with van der Waals surface area (Å²) >= 11 is 18.8. The number of anilines is 1. The first-order valence-electron chi connectivity index (χ1n) is 10.6. The molecule has 5 nitrogen and oxygen atoms in total. The molecule has 0 amide bonds. The Hall–Kier alpha value is -1.99. The van der Waals surface area contributed by atoms with Crippen LogP contribution < -0.4 is 9.64 Å². The lowest BCUT2D eigenvalue weighted by Gasteiger charge is -2.45. The maximum atomic E-state index is 11.0. The van der Waals surface area contributed by atoms with E-state index >= 15 is 0 Å². The van der Waals surface area contributed by atoms with Crippen molar-refractivity contribution >= 4 is 40.5 Å². The van der Waals surface area contributed by atoms with E-state index in [-0.39, 0.29) is 6.04 Å². The summed E-state index contributed by atoms with van der Waals surface area (Å²) in [5, 5.41) is 23.7. The van der Waals surface area contributed by atoms with Crippen molar-refractivity contribution in [1.29, 1.82) is 0 Å². The van der Waals surface area contributed by atoms with Crippen LogP contribution in [0, 0.1) is 0 Å². The third-order valence-corrected chi connectivity index (χ3v) is 6.79. The van der Waals surface area contributed by atoms with Gasteiger partial charge in [0.15, 0.2) is 0 Å². The summed E-state index contributed by atoms with van der Waals surface area (Å²) in [6.45, 7) is 1.62. The minimum absolute atomic E-state index is 0.118. The summed E-state index contributed by atoms with van der Waals surface area (Å²) in [4.78, 5) is 4.08. The molecule has 4 rings (SSSR count). The Labute approximate surface area is 208 Å². The summed E-state index contributed by atoms with van der Waals surface area (Å²) in [7, 11) is 1.59. The molecule has 0 radical (unpaired) electrons. The van der Waals surface area contributed by atoms with Crippen LogP contribution in [-0.4, -0.2) is 48.1 Å². The number of hydrogen-bond donors (Lipinski definition) is 2. The normalized spacial score (nSPS) is 18.7. The van der Waals surface area contributed by atoms with E-state index in [2.05, 4.69) is 4.90 Å². The van der Waals surface area contributed by atoms with E-state index in [0.29, 0.717) is 46.0 Å². The van der Waals surface area contributed by atoms with Crippen molar-refractivity contribution in [3.63, 3.8) is 0 Å². The summed E-state index contributed by atoms with van der Waals surface area (Å²) in [6.07, 6.45) is -2.14. The molecule has 1 aliphatic heterocycles. The van der Waals surface area contributed by atoms with Crippen molar-refractivity contribution in [2.45, 2.75) is 18.4 Å². The molecule has 0 aliphatic carbocycles. The van der Waals surface area contributed by atoms with Gasteiger partial charge in [0.1, 0.15) is 18.1 Å². The van der Waals surface area contributed by atoms with Crippen LogP contribution in [0.15, 0.2) is 66.7 Å². The first-order chi connectivity index (χ1) is 15.9. The zero-order valence-corrected chi connectivity index (χ0v) is 20.3. The van der Waals surface area contributed by atoms with Gasteiger partial charge in [-0.15, -0.1) is 0 Å². The highest BCUT2D eigenvalue weighted by atomic mass is 35.5. The number of benzene rings is 3. The third-order valence-electron chi connectivity index (χ3n) is 6.00. The molecule has 2 N–H and O–H groups in total. The highest BCUT2D eigenvalue weighted by Gasteiger charge is 2.35. The molecule has 1 fully saturated rings. The fourth-order valence-corrected chi connectivity index (χ4v) is 4.83. The summed E-state index contributed by atoms with van der Waals surface area (Å²) < 4.78 is 5.18. The lowest BCUT2D eigenvalue weighted by atomic mass is 9.99. The molecule has 1 saturated heterocycles. The van der Waals surface area contributed by atoms with E-state index in [1.165, 1.54) is 0 Å². The molecule has 0 spiro atoms. The van der Waals surface area contributed by atoms with Crippen molar-refractivity contribution in [2.24, 2.45) is 0 Å². The predicted molar refractivity (Wildman–Crippen MR) is 134 cm³/mol. The van der Waals surface area contributed by atoms with Crippen LogP contribution in [0.5, 0.6) is 5.75 Å². The average Bonchev–Trinajstić information content (AvgIpc) is 2.83. The first kappa shape index (κ1) is 24.1. The fourth-order valence-electron chi connectivity index (χ4n) is 4.19. The monoisotopic (exact) mass is 506 g/mol. The molecule has 0 bridgehead atoms. The standard InChI is InChI=1S/C25H25Cl3N2O3/c1-33-20-9-4-17(5-10-20)24(31)25(32)29-12-13-30(22-11-8-19(27)14-21(22)28)23(15-29)16-2-6-18(26)7-3-16/h2-11,14,23-25,31-32H,12-13,15H2,1H3/t23-,24?,25?/m0/s1. The third kappa shape index (κ3) is 5.40. The predicted octanol–water partition coefficient (Wildman–Crippen LogP) is 5.57. The van der Waals surface area contributed by atoms with Crippen LogP contribution in [0.4, 0.5) is 5.69 Å². The maximum absolute atomic E-state index is 11.0. The van der Waals surface area contributed by atoms with E-state index in [0.717, 1.165) is 11.3 Å². The van der Waals surface area contributed by atoms with Gasteiger partial charge >= 0.3 is 0 Å². The quantitative estimate of drug-likeness (QED) is 0.457. The number of nitrogens with zero attached hydrogens (tertiary/aromatic N) is 2. The molecule has 1 heterocycles. The lowest BCUT2D eigenvalue weighted by molar-refractivity contribution is -0.0913. The van der Waals surface area contributed by atoms with Gasteiger partial charge in [0.2, 0.25) is 0 Å². The first-order valence-corrected chi connectivity index (χ1v) is 11.7. The molecule has 0 aromatic heterocycles. The van der Waals surface area contributed by atoms with Gasteiger partial charge in [0, 0.05) is 29.7 Å². The van der Waals surface area contributed by atoms with Gasteiger partial charge in [-0.1, -0.05) is 59.1 Å². The Bertz CT molecular complexity index is 1080. The van der Waals surface area contributed by atoms with Crippen molar-refractivity contribution < 1.29 is 14.9 Å². The number of methoxy groups -OCH3 is 1. The number of piperazine rings is 1.